The van der Waals surface area contributed by atoms with Gasteiger partial charge in [0.15, 0.2) is 5.76 Å². The zero-order valence-corrected chi connectivity index (χ0v) is 18.2. The van der Waals surface area contributed by atoms with Crippen molar-refractivity contribution in [2.24, 2.45) is 0 Å². The monoisotopic (exact) mass is 426 g/mol. The van der Waals surface area contributed by atoms with Crippen LogP contribution in [0.25, 0.3) is 0 Å². The summed E-state index contributed by atoms with van der Waals surface area (Å²) in [6.07, 6.45) is 0. The van der Waals surface area contributed by atoms with Gasteiger partial charge in [0.05, 0.1) is 19.3 Å². The van der Waals surface area contributed by atoms with Crippen molar-refractivity contribution in [2.45, 2.75) is 19.9 Å². The summed E-state index contributed by atoms with van der Waals surface area (Å²) in [6, 6.07) is 11.2. The molecule has 1 atom stereocenters. The van der Waals surface area contributed by atoms with Gasteiger partial charge in [-0.05, 0) is 50.2 Å². The van der Waals surface area contributed by atoms with Crippen LogP contribution in [0.1, 0.15) is 23.2 Å². The van der Waals surface area contributed by atoms with Crippen molar-refractivity contribution in [1.82, 2.24) is 9.80 Å². The van der Waals surface area contributed by atoms with Gasteiger partial charge in [0.1, 0.15) is 5.76 Å². The van der Waals surface area contributed by atoms with Gasteiger partial charge in [0.25, 0.3) is 5.91 Å². The molecule has 0 radical (unpaired) electrons. The predicted octanol–water partition coefficient (Wildman–Crippen LogP) is 2.21. The molecule has 1 N–H and O–H groups in total. The van der Waals surface area contributed by atoms with Crippen LogP contribution in [0.3, 0.4) is 0 Å². The highest BCUT2D eigenvalue weighted by atomic mass is 16.5. The number of amides is 2. The molecule has 2 aliphatic heterocycles. The van der Waals surface area contributed by atoms with Crippen molar-refractivity contribution in [2.75, 3.05) is 62.7 Å². The van der Waals surface area contributed by atoms with Crippen molar-refractivity contribution in [3.8, 4) is 0 Å². The highest BCUT2D eigenvalue weighted by molar-refractivity contribution is 5.95. The molecular weight excluding hydrogens is 396 g/mol. The molecule has 2 aromatic rings. The Balaban J connectivity index is 1.27. The number of carbonyl (C=O) groups excluding carboxylic acids is 2. The molecule has 8 nitrogen and oxygen atoms in total. The van der Waals surface area contributed by atoms with E-state index in [-0.39, 0.29) is 17.9 Å². The number of hydrogen-bond donors (Lipinski definition) is 1. The van der Waals surface area contributed by atoms with Gasteiger partial charge < -0.3 is 24.3 Å². The lowest BCUT2D eigenvalue weighted by Gasteiger charge is -2.37. The zero-order chi connectivity index (χ0) is 21.8. The standard InChI is InChI=1S/C23H30N4O4/c1-17-3-8-21(31-17)23(29)27-11-9-25(10-12-27)18(2)22(28)24-19-4-6-20(7-5-19)26-13-15-30-16-14-26/h3-8,18H,9-16H2,1-2H3,(H,24,28). The second kappa shape index (κ2) is 9.53. The van der Waals surface area contributed by atoms with Gasteiger partial charge in [-0.25, -0.2) is 0 Å². The number of ether oxygens (including phenoxy) is 1. The van der Waals surface area contributed by atoms with Crippen LogP contribution in [-0.4, -0.2) is 80.1 Å². The molecule has 8 heteroatoms. The van der Waals surface area contributed by atoms with Crippen molar-refractivity contribution < 1.29 is 18.7 Å². The van der Waals surface area contributed by atoms with Crippen LogP contribution in [0.15, 0.2) is 40.8 Å². The van der Waals surface area contributed by atoms with Crippen LogP contribution < -0.4 is 10.2 Å². The minimum absolute atomic E-state index is 0.0411. The number of benzene rings is 1. The van der Waals surface area contributed by atoms with E-state index in [9.17, 15) is 9.59 Å². The second-order valence-electron chi connectivity index (χ2n) is 8.05. The Hall–Kier alpha value is -2.84. The smallest absolute Gasteiger partial charge is 0.289 e. The van der Waals surface area contributed by atoms with E-state index in [2.05, 4.69) is 15.1 Å². The molecule has 1 aromatic carbocycles. The first-order valence-corrected chi connectivity index (χ1v) is 10.8. The topological polar surface area (TPSA) is 78.3 Å². The highest BCUT2D eigenvalue weighted by Gasteiger charge is 2.29. The molecule has 0 bridgehead atoms. The Morgan fingerprint density at radius 2 is 1.61 bits per heavy atom. The van der Waals surface area contributed by atoms with Crippen molar-refractivity contribution in [3.63, 3.8) is 0 Å². The molecule has 0 aliphatic carbocycles. The van der Waals surface area contributed by atoms with Crippen molar-refractivity contribution in [3.05, 3.63) is 47.9 Å². The molecular formula is C23H30N4O4. The SMILES string of the molecule is Cc1ccc(C(=O)N2CCN(C(C)C(=O)Nc3ccc(N4CCOCC4)cc3)CC2)o1. The van der Waals surface area contributed by atoms with Crippen molar-refractivity contribution in [1.29, 1.82) is 0 Å². The van der Waals surface area contributed by atoms with Crippen LogP contribution in [0.4, 0.5) is 11.4 Å². The summed E-state index contributed by atoms with van der Waals surface area (Å²) >= 11 is 0. The molecule has 0 spiro atoms. The predicted molar refractivity (Wildman–Crippen MR) is 118 cm³/mol. The number of rotatable bonds is 5. The molecule has 2 amide bonds. The molecule has 2 aliphatic rings. The number of nitrogens with zero attached hydrogens (tertiary/aromatic N) is 3. The Labute approximate surface area is 182 Å². The number of aryl methyl sites for hydroxylation is 1. The van der Waals surface area contributed by atoms with E-state index in [1.54, 1.807) is 17.0 Å². The van der Waals surface area contributed by atoms with E-state index in [0.717, 1.165) is 43.4 Å². The van der Waals surface area contributed by atoms with Gasteiger partial charge in [0, 0.05) is 50.6 Å². The van der Waals surface area contributed by atoms with E-state index >= 15 is 0 Å². The number of morpholine rings is 1. The van der Waals surface area contributed by atoms with Gasteiger partial charge in [-0.15, -0.1) is 0 Å². The second-order valence-corrected chi connectivity index (χ2v) is 8.05. The molecule has 3 heterocycles. The normalized spacial score (nSPS) is 18.6. The molecule has 2 fully saturated rings. The molecule has 166 valence electrons. The van der Waals surface area contributed by atoms with Gasteiger partial charge in [-0.2, -0.15) is 0 Å². The van der Waals surface area contributed by atoms with Gasteiger partial charge in [-0.1, -0.05) is 0 Å². The Morgan fingerprint density at radius 3 is 2.23 bits per heavy atom. The number of furan rings is 1. The third-order valence-electron chi connectivity index (χ3n) is 5.99. The van der Waals surface area contributed by atoms with Crippen LogP contribution in [-0.2, 0) is 9.53 Å². The van der Waals surface area contributed by atoms with Crippen LogP contribution >= 0.6 is 0 Å². The summed E-state index contributed by atoms with van der Waals surface area (Å²) in [7, 11) is 0. The largest absolute Gasteiger partial charge is 0.456 e. The minimum atomic E-state index is -0.276. The molecule has 4 rings (SSSR count). The maximum absolute atomic E-state index is 12.8. The van der Waals surface area contributed by atoms with Gasteiger partial charge in [-0.3, -0.25) is 14.5 Å². The fourth-order valence-corrected chi connectivity index (χ4v) is 4.01. The van der Waals surface area contributed by atoms with Crippen LogP contribution in [0.5, 0.6) is 0 Å². The Morgan fingerprint density at radius 1 is 0.935 bits per heavy atom. The van der Waals surface area contributed by atoms with Gasteiger partial charge in [0.2, 0.25) is 5.91 Å². The summed E-state index contributed by atoms with van der Waals surface area (Å²) in [5, 5.41) is 3.01. The summed E-state index contributed by atoms with van der Waals surface area (Å²) in [4.78, 5) is 31.5. The van der Waals surface area contributed by atoms with Gasteiger partial charge >= 0.3 is 0 Å². The van der Waals surface area contributed by atoms with Crippen LogP contribution in [0, 0.1) is 6.92 Å². The fourth-order valence-electron chi connectivity index (χ4n) is 4.01. The van der Waals surface area contributed by atoms with Crippen LogP contribution in [0.2, 0.25) is 0 Å². The minimum Gasteiger partial charge on any atom is -0.456 e. The molecule has 2 saturated heterocycles. The summed E-state index contributed by atoms with van der Waals surface area (Å²) in [6.45, 7) is 9.44. The summed E-state index contributed by atoms with van der Waals surface area (Å²) < 4.78 is 10.8. The first-order valence-electron chi connectivity index (χ1n) is 10.8. The molecule has 0 saturated carbocycles. The van der Waals surface area contributed by atoms with E-state index in [0.29, 0.717) is 31.9 Å². The number of nitrogens with one attached hydrogen (secondary N) is 1. The Bertz CT molecular complexity index is 897. The number of piperazine rings is 1. The fraction of sp³-hybridized carbons (Fsp3) is 0.478. The third-order valence-corrected chi connectivity index (χ3v) is 5.99. The molecule has 31 heavy (non-hydrogen) atoms. The Kier molecular flexibility index (Phi) is 6.58. The van der Waals surface area contributed by atoms with E-state index < -0.39 is 0 Å². The number of carbonyl (C=O) groups is 2. The van der Waals surface area contributed by atoms with Crippen molar-refractivity contribution >= 4 is 23.2 Å². The lowest BCUT2D eigenvalue weighted by molar-refractivity contribution is -0.121. The first-order chi connectivity index (χ1) is 15.0. The van der Waals surface area contributed by atoms with E-state index in [1.807, 2.05) is 38.1 Å². The maximum Gasteiger partial charge on any atom is 0.289 e. The average molecular weight is 427 g/mol. The molecule has 1 aromatic heterocycles. The first kappa shape index (κ1) is 21.4. The van der Waals surface area contributed by atoms with E-state index in [1.165, 1.54) is 0 Å². The number of hydrogen-bond acceptors (Lipinski definition) is 6. The summed E-state index contributed by atoms with van der Waals surface area (Å²) in [5.41, 5.74) is 1.93. The summed E-state index contributed by atoms with van der Waals surface area (Å²) in [5.74, 6) is 0.966. The number of anilines is 2. The zero-order valence-electron chi connectivity index (χ0n) is 18.2. The average Bonchev–Trinajstić information content (AvgIpc) is 3.25. The third kappa shape index (κ3) is 5.08. The lowest BCUT2D eigenvalue weighted by Crippen LogP contribution is -2.54. The highest BCUT2D eigenvalue weighted by Crippen LogP contribution is 2.20. The van der Waals surface area contributed by atoms with E-state index in [4.69, 9.17) is 9.15 Å². The quantitative estimate of drug-likeness (QED) is 0.790. The lowest BCUT2D eigenvalue weighted by atomic mass is 10.2. The molecule has 1 unspecified atom stereocenters. The maximum atomic E-state index is 12.8.